The molecule has 5 heteroatoms. The lowest BCUT2D eigenvalue weighted by molar-refractivity contribution is 0.0770. The summed E-state index contributed by atoms with van der Waals surface area (Å²) in [4.78, 5) is 27.4. The Bertz CT molecular complexity index is 1050. The van der Waals surface area contributed by atoms with E-state index in [0.29, 0.717) is 35.1 Å². The van der Waals surface area contributed by atoms with Crippen LogP contribution in [0.4, 0.5) is 4.39 Å². The van der Waals surface area contributed by atoms with Crippen LogP contribution in [0, 0.1) is 11.7 Å². The van der Waals surface area contributed by atoms with Gasteiger partial charge in [-0.15, -0.1) is 0 Å². The normalized spacial score (nSPS) is 17.8. The van der Waals surface area contributed by atoms with Gasteiger partial charge in [-0.05, 0) is 54.8 Å². The van der Waals surface area contributed by atoms with Gasteiger partial charge in [0.15, 0.2) is 5.78 Å². The molecule has 1 fully saturated rings. The van der Waals surface area contributed by atoms with Crippen molar-refractivity contribution in [3.05, 3.63) is 94.7 Å². The number of hydrogen-bond donors (Lipinski definition) is 0. The fourth-order valence-corrected chi connectivity index (χ4v) is 3.53. The predicted octanol–water partition coefficient (Wildman–Crippen LogP) is 5.05. The van der Waals surface area contributed by atoms with Gasteiger partial charge in [-0.2, -0.15) is 0 Å². The second-order valence-electron chi connectivity index (χ2n) is 7.67. The zero-order chi connectivity index (χ0) is 20.5. The van der Waals surface area contributed by atoms with Gasteiger partial charge in [-0.1, -0.05) is 25.1 Å². The van der Waals surface area contributed by atoms with Gasteiger partial charge >= 0.3 is 0 Å². The molecule has 1 aliphatic carbocycles. The Morgan fingerprint density at radius 2 is 1.69 bits per heavy atom. The monoisotopic (exact) mass is 391 g/mol. The highest BCUT2D eigenvalue weighted by atomic mass is 19.1. The molecule has 0 N–H and O–H groups in total. The fraction of sp³-hybridized carbons (Fsp3) is 0.250. The van der Waals surface area contributed by atoms with Crippen LogP contribution in [-0.4, -0.2) is 23.6 Å². The molecule has 4 rings (SSSR count). The highest BCUT2D eigenvalue weighted by Crippen LogP contribution is 2.47. The van der Waals surface area contributed by atoms with Crippen molar-refractivity contribution < 1.29 is 18.4 Å². The van der Waals surface area contributed by atoms with Crippen LogP contribution in [0.1, 0.15) is 57.1 Å². The van der Waals surface area contributed by atoms with E-state index in [1.54, 1.807) is 31.3 Å². The lowest BCUT2D eigenvalue weighted by Gasteiger charge is -2.17. The fourth-order valence-electron chi connectivity index (χ4n) is 3.53. The van der Waals surface area contributed by atoms with Crippen LogP contribution in [0.15, 0.2) is 65.1 Å². The Kier molecular flexibility index (Phi) is 5.05. The Labute approximate surface area is 169 Å². The molecule has 2 aromatic carbocycles. The standard InChI is InChI=1S/C24H22FNO3/c1-15-13-21(15)22-12-11-18(29-22)14-26(2)24(28)20-6-4-3-5-19(20)23(27)16-7-9-17(25)10-8-16/h3-12,15,21H,13-14H2,1-2H3. The summed E-state index contributed by atoms with van der Waals surface area (Å²) < 4.78 is 19.1. The van der Waals surface area contributed by atoms with Gasteiger partial charge < -0.3 is 9.32 Å². The summed E-state index contributed by atoms with van der Waals surface area (Å²) in [6.45, 7) is 2.51. The van der Waals surface area contributed by atoms with Crippen LogP contribution in [-0.2, 0) is 6.54 Å². The first-order valence-electron chi connectivity index (χ1n) is 9.67. The molecule has 148 valence electrons. The van der Waals surface area contributed by atoms with Crippen molar-refractivity contribution in [2.24, 2.45) is 5.92 Å². The number of carbonyl (C=O) groups excluding carboxylic acids is 2. The average molecular weight is 391 g/mol. The van der Waals surface area contributed by atoms with E-state index in [1.165, 1.54) is 29.2 Å². The van der Waals surface area contributed by atoms with Crippen LogP contribution in [0.3, 0.4) is 0 Å². The first-order valence-corrected chi connectivity index (χ1v) is 9.67. The average Bonchev–Trinajstić information content (AvgIpc) is 3.28. The number of rotatable bonds is 6. The van der Waals surface area contributed by atoms with E-state index in [1.807, 2.05) is 12.1 Å². The molecule has 0 bridgehead atoms. The smallest absolute Gasteiger partial charge is 0.254 e. The minimum atomic E-state index is -0.413. The number of halogens is 1. The van der Waals surface area contributed by atoms with Crippen LogP contribution in [0.2, 0.25) is 0 Å². The van der Waals surface area contributed by atoms with Gasteiger partial charge in [0.05, 0.1) is 12.1 Å². The van der Waals surface area contributed by atoms with Crippen molar-refractivity contribution in [2.45, 2.75) is 25.8 Å². The molecule has 1 aliphatic rings. The third-order valence-electron chi connectivity index (χ3n) is 5.41. The van der Waals surface area contributed by atoms with Gasteiger partial charge in [-0.25, -0.2) is 4.39 Å². The summed E-state index contributed by atoms with van der Waals surface area (Å²) in [5.41, 5.74) is 0.943. The molecule has 4 nitrogen and oxygen atoms in total. The van der Waals surface area contributed by atoms with E-state index in [4.69, 9.17) is 4.42 Å². The number of ketones is 1. The van der Waals surface area contributed by atoms with Gasteiger partial charge in [0.1, 0.15) is 17.3 Å². The van der Waals surface area contributed by atoms with Crippen molar-refractivity contribution in [2.75, 3.05) is 7.05 Å². The van der Waals surface area contributed by atoms with Crippen molar-refractivity contribution in [1.29, 1.82) is 0 Å². The molecule has 1 aromatic heterocycles. The molecule has 29 heavy (non-hydrogen) atoms. The minimum absolute atomic E-state index is 0.270. The molecule has 0 spiro atoms. The van der Waals surface area contributed by atoms with Gasteiger partial charge in [0, 0.05) is 24.1 Å². The van der Waals surface area contributed by atoms with Crippen molar-refractivity contribution in [3.8, 4) is 0 Å². The van der Waals surface area contributed by atoms with Crippen LogP contribution < -0.4 is 0 Å². The SMILES string of the molecule is CC1CC1c1ccc(CN(C)C(=O)c2ccccc2C(=O)c2ccc(F)cc2)o1. The molecule has 1 amide bonds. The molecule has 0 aliphatic heterocycles. The molecule has 0 saturated heterocycles. The van der Waals surface area contributed by atoms with Gasteiger partial charge in [0.2, 0.25) is 0 Å². The first kappa shape index (κ1) is 19.1. The van der Waals surface area contributed by atoms with E-state index >= 15 is 0 Å². The second-order valence-corrected chi connectivity index (χ2v) is 7.67. The summed E-state index contributed by atoms with van der Waals surface area (Å²) in [5.74, 6) is 1.83. The molecule has 1 heterocycles. The zero-order valence-corrected chi connectivity index (χ0v) is 16.4. The molecular formula is C24H22FNO3. The van der Waals surface area contributed by atoms with Gasteiger partial charge in [0.25, 0.3) is 5.91 Å². The number of nitrogens with zero attached hydrogens (tertiary/aromatic N) is 1. The third kappa shape index (κ3) is 3.99. The largest absolute Gasteiger partial charge is 0.464 e. The number of carbonyl (C=O) groups is 2. The van der Waals surface area contributed by atoms with E-state index in [2.05, 4.69) is 6.92 Å². The first-order chi connectivity index (χ1) is 13.9. The minimum Gasteiger partial charge on any atom is -0.464 e. The number of hydrogen-bond acceptors (Lipinski definition) is 3. The van der Waals surface area contributed by atoms with Crippen LogP contribution in [0.5, 0.6) is 0 Å². The predicted molar refractivity (Wildman–Crippen MR) is 107 cm³/mol. The maximum atomic E-state index is 13.2. The molecule has 3 aromatic rings. The van der Waals surface area contributed by atoms with Crippen LogP contribution >= 0.6 is 0 Å². The van der Waals surface area contributed by atoms with Crippen molar-refractivity contribution >= 4 is 11.7 Å². The number of benzene rings is 2. The summed E-state index contributed by atoms with van der Waals surface area (Å²) in [6, 6.07) is 15.9. The maximum absolute atomic E-state index is 13.2. The third-order valence-corrected chi connectivity index (χ3v) is 5.41. The molecule has 2 unspecified atom stereocenters. The van der Waals surface area contributed by atoms with E-state index in [-0.39, 0.29) is 11.7 Å². The zero-order valence-electron chi connectivity index (χ0n) is 16.4. The van der Waals surface area contributed by atoms with E-state index < -0.39 is 5.82 Å². The number of amides is 1. The highest BCUT2D eigenvalue weighted by molar-refractivity contribution is 6.15. The second kappa shape index (κ2) is 7.66. The van der Waals surface area contributed by atoms with Crippen molar-refractivity contribution in [3.63, 3.8) is 0 Å². The Morgan fingerprint density at radius 1 is 1.03 bits per heavy atom. The van der Waals surface area contributed by atoms with Crippen LogP contribution in [0.25, 0.3) is 0 Å². The lowest BCUT2D eigenvalue weighted by atomic mass is 9.97. The molecule has 2 atom stereocenters. The van der Waals surface area contributed by atoms with E-state index in [0.717, 1.165) is 17.9 Å². The quantitative estimate of drug-likeness (QED) is 0.553. The molecule has 1 saturated carbocycles. The molecule has 0 radical (unpaired) electrons. The summed E-state index contributed by atoms with van der Waals surface area (Å²) >= 11 is 0. The Hall–Kier alpha value is -3.21. The summed E-state index contributed by atoms with van der Waals surface area (Å²) in [7, 11) is 1.68. The Balaban J connectivity index is 1.53. The summed E-state index contributed by atoms with van der Waals surface area (Å²) in [5, 5.41) is 0. The lowest BCUT2D eigenvalue weighted by Crippen LogP contribution is -2.27. The van der Waals surface area contributed by atoms with Gasteiger partial charge in [-0.3, -0.25) is 9.59 Å². The number of furan rings is 1. The van der Waals surface area contributed by atoms with Crippen molar-refractivity contribution in [1.82, 2.24) is 4.90 Å². The highest BCUT2D eigenvalue weighted by Gasteiger charge is 2.36. The maximum Gasteiger partial charge on any atom is 0.254 e. The summed E-state index contributed by atoms with van der Waals surface area (Å²) in [6.07, 6.45) is 1.14. The molecular weight excluding hydrogens is 369 g/mol. The Morgan fingerprint density at radius 3 is 2.34 bits per heavy atom. The van der Waals surface area contributed by atoms with E-state index in [9.17, 15) is 14.0 Å². The topological polar surface area (TPSA) is 50.5 Å².